The number of hydrogen-bond donors (Lipinski definition) is 1. The van der Waals surface area contributed by atoms with E-state index in [1.165, 1.54) is 0 Å². The van der Waals surface area contributed by atoms with E-state index in [1.807, 2.05) is 0 Å². The van der Waals surface area contributed by atoms with Gasteiger partial charge < -0.3 is 9.47 Å². The Bertz CT molecular complexity index is 371. The molecule has 0 spiro atoms. The summed E-state index contributed by atoms with van der Waals surface area (Å²) < 4.78 is 39.4. The highest BCUT2D eigenvalue weighted by atomic mass is 32.2. The molecule has 0 rings (SSSR count). The predicted octanol–water partition coefficient (Wildman–Crippen LogP) is 0.00510. The van der Waals surface area contributed by atoms with Crippen molar-refractivity contribution in [3.63, 3.8) is 0 Å². The van der Waals surface area contributed by atoms with Crippen LogP contribution in [0, 0.1) is 5.92 Å². The van der Waals surface area contributed by atoms with Gasteiger partial charge in [-0.3, -0.25) is 14.1 Å². The molecule has 0 radical (unpaired) electrons. The molecule has 17 heavy (non-hydrogen) atoms. The Morgan fingerprint density at radius 2 is 1.82 bits per heavy atom. The van der Waals surface area contributed by atoms with Gasteiger partial charge in [0.2, 0.25) is 0 Å². The molecule has 100 valence electrons. The van der Waals surface area contributed by atoms with Gasteiger partial charge in [0.25, 0.3) is 10.1 Å². The van der Waals surface area contributed by atoms with E-state index in [9.17, 15) is 18.0 Å². The third-order valence-corrected chi connectivity index (χ3v) is 2.83. The van der Waals surface area contributed by atoms with Crippen molar-refractivity contribution in [2.45, 2.75) is 25.5 Å². The minimum atomic E-state index is -4.69. The van der Waals surface area contributed by atoms with E-state index in [-0.39, 0.29) is 12.5 Å². The van der Waals surface area contributed by atoms with Gasteiger partial charge in [-0.15, -0.1) is 0 Å². The summed E-state index contributed by atoms with van der Waals surface area (Å²) in [5.41, 5.74) is 0. The van der Waals surface area contributed by atoms with Gasteiger partial charge in [0.15, 0.2) is 5.25 Å². The Labute approximate surface area is 99.8 Å². The first-order valence-corrected chi connectivity index (χ1v) is 6.38. The second-order valence-corrected chi connectivity index (χ2v) is 5.41. The molecule has 0 aliphatic heterocycles. The summed E-state index contributed by atoms with van der Waals surface area (Å²) in [6.45, 7) is 3.71. The van der Waals surface area contributed by atoms with Crippen molar-refractivity contribution < 1.29 is 32.0 Å². The van der Waals surface area contributed by atoms with Gasteiger partial charge in [-0.2, -0.15) is 8.42 Å². The Morgan fingerprint density at radius 3 is 2.18 bits per heavy atom. The van der Waals surface area contributed by atoms with Crippen LogP contribution in [0.15, 0.2) is 0 Å². The third-order valence-electron chi connectivity index (χ3n) is 1.75. The molecule has 1 atom stereocenters. The molecule has 0 fully saturated rings. The van der Waals surface area contributed by atoms with Crippen LogP contribution in [0.25, 0.3) is 0 Å². The maximum absolute atomic E-state index is 11.2. The Morgan fingerprint density at radius 1 is 1.29 bits per heavy atom. The number of carbonyl (C=O) groups is 2. The van der Waals surface area contributed by atoms with Crippen LogP contribution in [0.4, 0.5) is 0 Å². The van der Waals surface area contributed by atoms with Crippen molar-refractivity contribution in [1.29, 1.82) is 0 Å². The summed E-state index contributed by atoms with van der Waals surface area (Å²) in [7, 11) is -3.73. The quantitative estimate of drug-likeness (QED) is 0.534. The monoisotopic (exact) mass is 268 g/mol. The van der Waals surface area contributed by atoms with Crippen LogP contribution in [0.3, 0.4) is 0 Å². The fourth-order valence-corrected chi connectivity index (χ4v) is 1.60. The van der Waals surface area contributed by atoms with Gasteiger partial charge in [-0.25, -0.2) is 0 Å². The molecule has 0 saturated heterocycles. The molecule has 0 saturated carbocycles. The fourth-order valence-electron chi connectivity index (χ4n) is 0.912. The Hall–Kier alpha value is -1.15. The molecule has 7 nitrogen and oxygen atoms in total. The van der Waals surface area contributed by atoms with Crippen molar-refractivity contribution in [2.24, 2.45) is 5.92 Å². The molecule has 1 N–H and O–H groups in total. The Balaban J connectivity index is 4.56. The van der Waals surface area contributed by atoms with Crippen LogP contribution in [-0.4, -0.2) is 43.9 Å². The maximum Gasteiger partial charge on any atom is 0.327 e. The van der Waals surface area contributed by atoms with E-state index >= 15 is 0 Å². The minimum absolute atomic E-state index is 0.0845. The second-order valence-electron chi connectivity index (χ2n) is 3.81. The van der Waals surface area contributed by atoms with Gasteiger partial charge in [-0.05, 0) is 5.92 Å². The molecule has 0 aromatic carbocycles. The molecule has 0 bridgehead atoms. The van der Waals surface area contributed by atoms with Gasteiger partial charge in [0.1, 0.15) is 0 Å². The minimum Gasteiger partial charge on any atom is -0.468 e. The van der Waals surface area contributed by atoms with Crippen molar-refractivity contribution in [3.8, 4) is 0 Å². The van der Waals surface area contributed by atoms with Crippen LogP contribution >= 0.6 is 0 Å². The molecule has 0 aliphatic rings. The average Bonchev–Trinajstić information content (AvgIpc) is 2.20. The number of ether oxygens (including phenoxy) is 2. The molecule has 1 unspecified atom stereocenters. The largest absolute Gasteiger partial charge is 0.468 e. The molecule has 0 aromatic rings. The molecule has 0 aliphatic carbocycles. The zero-order valence-electron chi connectivity index (χ0n) is 9.87. The highest BCUT2D eigenvalue weighted by Gasteiger charge is 2.35. The third kappa shape index (κ3) is 6.22. The van der Waals surface area contributed by atoms with Crippen LogP contribution in [0.1, 0.15) is 20.3 Å². The van der Waals surface area contributed by atoms with Crippen LogP contribution in [0.5, 0.6) is 0 Å². The SMILES string of the molecule is COC(=O)C(CC(=O)OCC(C)C)S(=O)(=O)O. The number of esters is 2. The number of methoxy groups -OCH3 is 1. The summed E-state index contributed by atoms with van der Waals surface area (Å²) in [6.07, 6.45) is -0.766. The zero-order valence-corrected chi connectivity index (χ0v) is 10.7. The second kappa shape index (κ2) is 6.55. The predicted molar refractivity (Wildman–Crippen MR) is 57.8 cm³/mol. The van der Waals surface area contributed by atoms with Crippen molar-refractivity contribution in [1.82, 2.24) is 0 Å². The van der Waals surface area contributed by atoms with Gasteiger partial charge in [0.05, 0.1) is 20.1 Å². The van der Waals surface area contributed by atoms with Crippen molar-refractivity contribution >= 4 is 22.1 Å². The van der Waals surface area contributed by atoms with Crippen LogP contribution in [0.2, 0.25) is 0 Å². The maximum atomic E-state index is 11.2. The Kier molecular flexibility index (Phi) is 6.11. The van der Waals surface area contributed by atoms with Gasteiger partial charge in [-0.1, -0.05) is 13.8 Å². The first-order chi connectivity index (χ1) is 7.68. The topological polar surface area (TPSA) is 107 Å². The standard InChI is InChI=1S/C9H16O7S/c1-6(2)5-16-8(10)4-7(9(11)15-3)17(12,13)14/h6-7H,4-5H2,1-3H3,(H,12,13,14). The lowest BCUT2D eigenvalue weighted by Gasteiger charge is -2.12. The molecule has 0 heterocycles. The summed E-state index contributed by atoms with van der Waals surface area (Å²) in [4.78, 5) is 22.3. The number of carbonyl (C=O) groups excluding carboxylic acids is 2. The van der Waals surface area contributed by atoms with E-state index in [2.05, 4.69) is 4.74 Å². The van der Waals surface area contributed by atoms with E-state index in [0.717, 1.165) is 7.11 Å². The summed E-state index contributed by atoms with van der Waals surface area (Å²) in [5, 5.41) is -1.94. The van der Waals surface area contributed by atoms with Crippen molar-refractivity contribution in [3.05, 3.63) is 0 Å². The van der Waals surface area contributed by atoms with E-state index in [4.69, 9.17) is 9.29 Å². The first kappa shape index (κ1) is 15.9. The lowest BCUT2D eigenvalue weighted by Crippen LogP contribution is -2.34. The highest BCUT2D eigenvalue weighted by molar-refractivity contribution is 7.87. The molecular weight excluding hydrogens is 252 g/mol. The summed E-state index contributed by atoms with van der Waals surface area (Å²) in [5.74, 6) is -2.00. The van der Waals surface area contributed by atoms with E-state index < -0.39 is 33.7 Å². The normalized spacial score (nSPS) is 13.2. The van der Waals surface area contributed by atoms with Gasteiger partial charge in [0, 0.05) is 0 Å². The number of rotatable bonds is 6. The van der Waals surface area contributed by atoms with Crippen LogP contribution in [-0.2, 0) is 29.2 Å². The summed E-state index contributed by atoms with van der Waals surface area (Å²) >= 11 is 0. The van der Waals surface area contributed by atoms with Crippen molar-refractivity contribution in [2.75, 3.05) is 13.7 Å². The molecule has 0 aromatic heterocycles. The molecular formula is C9H16O7S. The van der Waals surface area contributed by atoms with E-state index in [0.29, 0.717) is 0 Å². The average molecular weight is 268 g/mol. The highest BCUT2D eigenvalue weighted by Crippen LogP contribution is 2.08. The lowest BCUT2D eigenvalue weighted by atomic mass is 10.2. The van der Waals surface area contributed by atoms with Gasteiger partial charge >= 0.3 is 11.9 Å². The van der Waals surface area contributed by atoms with E-state index in [1.54, 1.807) is 13.8 Å². The fraction of sp³-hybridized carbons (Fsp3) is 0.778. The number of hydrogen-bond acceptors (Lipinski definition) is 6. The lowest BCUT2D eigenvalue weighted by molar-refractivity contribution is -0.149. The molecule has 8 heteroatoms. The molecule has 0 amide bonds. The smallest absolute Gasteiger partial charge is 0.327 e. The first-order valence-electron chi connectivity index (χ1n) is 4.88. The van der Waals surface area contributed by atoms with Crippen LogP contribution < -0.4 is 0 Å². The zero-order chi connectivity index (χ0) is 13.6. The summed E-state index contributed by atoms with van der Waals surface area (Å²) in [6, 6.07) is 0.